The molecule has 0 unspecified atom stereocenters. The third kappa shape index (κ3) is 1.52. The van der Waals surface area contributed by atoms with Gasteiger partial charge in [0.1, 0.15) is 5.58 Å². The van der Waals surface area contributed by atoms with E-state index in [9.17, 15) is 4.79 Å². The molecule has 0 saturated heterocycles. The van der Waals surface area contributed by atoms with E-state index in [4.69, 9.17) is 20.8 Å². The Hall–Kier alpha value is -1.84. The average Bonchev–Trinajstić information content (AvgIpc) is 2.86. The molecule has 1 aromatic heterocycles. The van der Waals surface area contributed by atoms with Gasteiger partial charge in [-0.15, -0.1) is 0 Å². The third-order valence-corrected chi connectivity index (χ3v) is 3.78. The van der Waals surface area contributed by atoms with E-state index in [1.165, 1.54) is 0 Å². The summed E-state index contributed by atoms with van der Waals surface area (Å²) in [4.78, 5) is 12.1. The fourth-order valence-electron chi connectivity index (χ4n) is 2.67. The molecule has 4 heteroatoms. The largest absolute Gasteiger partial charge is 0.422 e. The molecular formula is C15H9ClO3. The summed E-state index contributed by atoms with van der Waals surface area (Å²) in [7, 11) is 0. The molecule has 19 heavy (non-hydrogen) atoms. The molecule has 1 aliphatic rings. The van der Waals surface area contributed by atoms with Crippen molar-refractivity contribution in [2.24, 2.45) is 0 Å². The highest BCUT2D eigenvalue weighted by molar-refractivity contribution is 6.31. The molecule has 0 radical (unpaired) electrons. The fraction of sp³-hybridized carbons (Fsp3) is 0.133. The summed E-state index contributed by atoms with van der Waals surface area (Å²) in [5.41, 5.74) is 2.40. The lowest BCUT2D eigenvalue weighted by atomic mass is 9.99. The second kappa shape index (κ2) is 3.83. The van der Waals surface area contributed by atoms with Gasteiger partial charge in [-0.05, 0) is 29.3 Å². The van der Waals surface area contributed by atoms with Crippen molar-refractivity contribution in [3.8, 4) is 0 Å². The highest BCUT2D eigenvalue weighted by Gasteiger charge is 2.18. The maximum atomic E-state index is 12.1. The van der Waals surface area contributed by atoms with Crippen LogP contribution in [0.5, 0.6) is 0 Å². The fourth-order valence-corrected chi connectivity index (χ4v) is 2.84. The average molecular weight is 273 g/mol. The van der Waals surface area contributed by atoms with Crippen LogP contribution in [0.2, 0.25) is 5.02 Å². The van der Waals surface area contributed by atoms with E-state index >= 15 is 0 Å². The summed E-state index contributed by atoms with van der Waals surface area (Å²) in [6.07, 6.45) is 0. The Bertz CT molecular complexity index is 880. The topological polar surface area (TPSA) is 39.4 Å². The number of benzene rings is 2. The second-order valence-corrected chi connectivity index (χ2v) is 5.09. The molecule has 2 heterocycles. The van der Waals surface area contributed by atoms with Crippen LogP contribution in [0.15, 0.2) is 39.5 Å². The van der Waals surface area contributed by atoms with Gasteiger partial charge in [-0.1, -0.05) is 17.7 Å². The number of rotatable bonds is 0. The molecule has 4 rings (SSSR count). The quantitative estimate of drug-likeness (QED) is 0.463. The highest BCUT2D eigenvalue weighted by Crippen LogP contribution is 2.33. The summed E-state index contributed by atoms with van der Waals surface area (Å²) in [6.45, 7) is 1.13. The zero-order valence-electron chi connectivity index (χ0n) is 9.90. The van der Waals surface area contributed by atoms with Gasteiger partial charge in [-0.2, -0.15) is 0 Å². The van der Waals surface area contributed by atoms with Crippen molar-refractivity contribution in [2.75, 3.05) is 0 Å². The van der Waals surface area contributed by atoms with Gasteiger partial charge in [-0.25, -0.2) is 4.79 Å². The molecule has 0 atom stereocenters. The molecule has 94 valence electrons. The molecule has 0 bridgehead atoms. The molecule has 0 N–H and O–H groups in total. The highest BCUT2D eigenvalue weighted by atomic mass is 35.5. The van der Waals surface area contributed by atoms with Crippen LogP contribution in [-0.4, -0.2) is 0 Å². The van der Waals surface area contributed by atoms with Crippen molar-refractivity contribution in [3.05, 3.63) is 56.9 Å². The number of ether oxygens (including phenoxy) is 1. The summed E-state index contributed by atoms with van der Waals surface area (Å²) in [5.74, 6) is 0. The number of fused-ring (bicyclic) bond motifs is 5. The number of hydrogen-bond acceptors (Lipinski definition) is 3. The number of hydrogen-bond donors (Lipinski definition) is 0. The Kier molecular flexibility index (Phi) is 2.22. The molecule has 1 aliphatic heterocycles. The molecule has 2 aromatic carbocycles. The minimum atomic E-state index is -0.334. The van der Waals surface area contributed by atoms with Crippen LogP contribution in [0.4, 0.5) is 0 Å². The van der Waals surface area contributed by atoms with E-state index in [1.54, 1.807) is 12.1 Å². The first-order chi connectivity index (χ1) is 9.24. The maximum Gasteiger partial charge on any atom is 0.344 e. The smallest absolute Gasteiger partial charge is 0.344 e. The van der Waals surface area contributed by atoms with E-state index in [1.807, 2.05) is 18.2 Å². The first kappa shape index (κ1) is 11.0. The molecule has 0 fully saturated rings. The molecule has 0 aliphatic carbocycles. The van der Waals surface area contributed by atoms with Gasteiger partial charge in [-0.3, -0.25) is 0 Å². The molecule has 0 saturated carbocycles. The predicted molar refractivity (Wildman–Crippen MR) is 73.5 cm³/mol. The first-order valence-electron chi connectivity index (χ1n) is 5.98. The van der Waals surface area contributed by atoms with Gasteiger partial charge in [0.15, 0.2) is 0 Å². The van der Waals surface area contributed by atoms with Crippen LogP contribution in [0.3, 0.4) is 0 Å². The zero-order chi connectivity index (χ0) is 13.0. The van der Waals surface area contributed by atoms with Gasteiger partial charge in [0.2, 0.25) is 0 Å². The standard InChI is InChI=1S/C15H9ClO3/c16-9-2-4-10-13(5-9)19-15(17)11-3-1-8-6-18-7-12(8)14(10)11/h1-5H,6-7H2. The van der Waals surface area contributed by atoms with E-state index in [2.05, 4.69) is 0 Å². The molecule has 3 nitrogen and oxygen atoms in total. The van der Waals surface area contributed by atoms with Crippen molar-refractivity contribution < 1.29 is 9.15 Å². The van der Waals surface area contributed by atoms with Gasteiger partial charge in [0.05, 0.1) is 18.6 Å². The van der Waals surface area contributed by atoms with Gasteiger partial charge in [0.25, 0.3) is 0 Å². The Labute approximate surface area is 113 Å². The van der Waals surface area contributed by atoms with E-state index < -0.39 is 0 Å². The zero-order valence-corrected chi connectivity index (χ0v) is 10.7. The number of halogens is 1. The molecule has 0 amide bonds. The Balaban J connectivity index is 2.30. The minimum absolute atomic E-state index is 0.334. The van der Waals surface area contributed by atoms with Gasteiger partial charge in [0, 0.05) is 21.9 Å². The SMILES string of the molecule is O=c1oc2cc(Cl)ccc2c2c3c(ccc12)COC3. The monoisotopic (exact) mass is 272 g/mol. The van der Waals surface area contributed by atoms with Crippen LogP contribution in [-0.2, 0) is 18.0 Å². The lowest BCUT2D eigenvalue weighted by molar-refractivity contribution is 0.135. The lowest BCUT2D eigenvalue weighted by Crippen LogP contribution is -2.02. The van der Waals surface area contributed by atoms with Gasteiger partial charge >= 0.3 is 5.63 Å². The van der Waals surface area contributed by atoms with E-state index in [-0.39, 0.29) is 5.63 Å². The normalized spacial score (nSPS) is 14.2. The van der Waals surface area contributed by atoms with E-state index in [0.717, 1.165) is 21.9 Å². The third-order valence-electron chi connectivity index (χ3n) is 3.55. The Morgan fingerprint density at radius 3 is 2.79 bits per heavy atom. The Morgan fingerprint density at radius 2 is 1.89 bits per heavy atom. The molecular weight excluding hydrogens is 264 g/mol. The molecule has 0 spiro atoms. The van der Waals surface area contributed by atoms with Crippen LogP contribution in [0.25, 0.3) is 21.7 Å². The first-order valence-corrected chi connectivity index (χ1v) is 6.36. The van der Waals surface area contributed by atoms with Crippen molar-refractivity contribution in [3.63, 3.8) is 0 Å². The maximum absolute atomic E-state index is 12.1. The summed E-state index contributed by atoms with van der Waals surface area (Å²) >= 11 is 5.95. The summed E-state index contributed by atoms with van der Waals surface area (Å²) in [5, 5.41) is 2.98. The summed E-state index contributed by atoms with van der Waals surface area (Å²) < 4.78 is 10.8. The van der Waals surface area contributed by atoms with Crippen LogP contribution in [0.1, 0.15) is 11.1 Å². The predicted octanol–water partition coefficient (Wildman–Crippen LogP) is 3.63. The van der Waals surface area contributed by atoms with Crippen LogP contribution >= 0.6 is 11.6 Å². The van der Waals surface area contributed by atoms with Crippen molar-refractivity contribution in [1.29, 1.82) is 0 Å². The minimum Gasteiger partial charge on any atom is -0.422 e. The van der Waals surface area contributed by atoms with Crippen molar-refractivity contribution >= 4 is 33.3 Å². The van der Waals surface area contributed by atoms with Crippen LogP contribution < -0.4 is 5.63 Å². The Morgan fingerprint density at radius 1 is 1.05 bits per heavy atom. The van der Waals surface area contributed by atoms with Gasteiger partial charge < -0.3 is 9.15 Å². The van der Waals surface area contributed by atoms with Crippen molar-refractivity contribution in [1.82, 2.24) is 0 Å². The van der Waals surface area contributed by atoms with Crippen LogP contribution in [0, 0.1) is 0 Å². The van der Waals surface area contributed by atoms with Crippen molar-refractivity contribution in [2.45, 2.75) is 13.2 Å². The van der Waals surface area contributed by atoms with E-state index in [0.29, 0.717) is 29.2 Å². The summed E-state index contributed by atoms with van der Waals surface area (Å²) in [6, 6.07) is 9.11. The molecule has 3 aromatic rings. The lowest BCUT2D eigenvalue weighted by Gasteiger charge is -2.07. The second-order valence-electron chi connectivity index (χ2n) is 4.65.